The van der Waals surface area contributed by atoms with Gasteiger partial charge in [-0.25, -0.2) is 9.59 Å². The Hall–Kier alpha value is -2.76. The van der Waals surface area contributed by atoms with Crippen LogP contribution in [0.3, 0.4) is 0 Å². The van der Waals surface area contributed by atoms with Gasteiger partial charge >= 0.3 is 11.9 Å². The molecular formula is C29H37NO5. The minimum absolute atomic E-state index is 0.408. The third kappa shape index (κ3) is 4.60. The number of benzene rings is 1. The normalized spacial score (nSPS) is 29.5. The van der Waals surface area contributed by atoms with Gasteiger partial charge in [-0.1, -0.05) is 18.2 Å². The second-order valence-electron chi connectivity index (χ2n) is 11.0. The highest BCUT2D eigenvalue weighted by molar-refractivity contribution is 5.98. The SMILES string of the molecule is CCOc1ccccc1C1C(C(=O)OC)=CN(CCC23CC4CC(CC(C4)C2)C3)C=C1C(=O)OC. The number of hydrogen-bond acceptors (Lipinski definition) is 6. The second kappa shape index (κ2) is 9.71. The van der Waals surface area contributed by atoms with Gasteiger partial charge in [-0.2, -0.15) is 0 Å². The van der Waals surface area contributed by atoms with Crippen molar-refractivity contribution >= 4 is 11.9 Å². The van der Waals surface area contributed by atoms with E-state index in [4.69, 9.17) is 14.2 Å². The summed E-state index contributed by atoms with van der Waals surface area (Å²) >= 11 is 0. The Morgan fingerprint density at radius 3 is 1.97 bits per heavy atom. The number of para-hydroxylation sites is 1. The summed E-state index contributed by atoms with van der Waals surface area (Å²) in [5, 5.41) is 0. The van der Waals surface area contributed by atoms with Crippen molar-refractivity contribution in [2.24, 2.45) is 23.2 Å². The van der Waals surface area contributed by atoms with Gasteiger partial charge in [-0.15, -0.1) is 0 Å². The van der Waals surface area contributed by atoms with Crippen LogP contribution in [0.4, 0.5) is 0 Å². The van der Waals surface area contributed by atoms with E-state index in [-0.39, 0.29) is 0 Å². The smallest absolute Gasteiger partial charge is 0.336 e. The lowest BCUT2D eigenvalue weighted by molar-refractivity contribution is -0.137. The first-order chi connectivity index (χ1) is 16.9. The fraction of sp³-hybridized carbons (Fsp3) is 0.586. The van der Waals surface area contributed by atoms with E-state index in [1.165, 1.54) is 52.7 Å². The number of esters is 2. The Morgan fingerprint density at radius 2 is 1.46 bits per heavy atom. The van der Waals surface area contributed by atoms with E-state index < -0.39 is 17.9 Å². The largest absolute Gasteiger partial charge is 0.494 e. The van der Waals surface area contributed by atoms with E-state index in [0.29, 0.717) is 28.9 Å². The molecule has 6 nitrogen and oxygen atoms in total. The molecule has 1 aliphatic heterocycles. The predicted molar refractivity (Wildman–Crippen MR) is 132 cm³/mol. The topological polar surface area (TPSA) is 65.1 Å². The predicted octanol–water partition coefficient (Wildman–Crippen LogP) is 5.20. The lowest BCUT2D eigenvalue weighted by atomic mass is 9.49. The molecule has 0 N–H and O–H groups in total. The number of carbonyl (C=O) groups excluding carboxylic acids is 2. The van der Waals surface area contributed by atoms with E-state index in [2.05, 4.69) is 0 Å². The lowest BCUT2D eigenvalue weighted by Crippen LogP contribution is -2.47. The Kier molecular flexibility index (Phi) is 6.65. The number of rotatable bonds is 8. The van der Waals surface area contributed by atoms with E-state index in [0.717, 1.165) is 36.3 Å². The summed E-state index contributed by atoms with van der Waals surface area (Å²) in [7, 11) is 2.76. The van der Waals surface area contributed by atoms with Crippen molar-refractivity contribution in [2.45, 2.75) is 57.8 Å². The van der Waals surface area contributed by atoms with Gasteiger partial charge in [0.15, 0.2) is 0 Å². The molecule has 35 heavy (non-hydrogen) atoms. The highest BCUT2D eigenvalue weighted by Crippen LogP contribution is 2.61. The number of hydrogen-bond donors (Lipinski definition) is 0. The molecule has 4 fully saturated rings. The number of carbonyl (C=O) groups is 2. The summed E-state index contributed by atoms with van der Waals surface area (Å²) in [6.45, 7) is 3.17. The number of nitrogens with zero attached hydrogens (tertiary/aromatic N) is 1. The van der Waals surface area contributed by atoms with Gasteiger partial charge < -0.3 is 19.1 Å². The first-order valence-corrected chi connectivity index (χ1v) is 13.0. The van der Waals surface area contributed by atoms with Crippen molar-refractivity contribution < 1.29 is 23.8 Å². The second-order valence-corrected chi connectivity index (χ2v) is 11.0. The molecule has 6 heteroatoms. The van der Waals surface area contributed by atoms with Gasteiger partial charge in [0.05, 0.1) is 37.9 Å². The highest BCUT2D eigenvalue weighted by Gasteiger charge is 2.50. The molecule has 4 bridgehead atoms. The maximum Gasteiger partial charge on any atom is 0.336 e. The van der Waals surface area contributed by atoms with Gasteiger partial charge in [0.1, 0.15) is 5.75 Å². The third-order valence-electron chi connectivity index (χ3n) is 8.67. The summed E-state index contributed by atoms with van der Waals surface area (Å²) in [4.78, 5) is 28.0. The quantitative estimate of drug-likeness (QED) is 0.477. The summed E-state index contributed by atoms with van der Waals surface area (Å²) in [6.07, 6.45) is 13.1. The summed E-state index contributed by atoms with van der Waals surface area (Å²) < 4.78 is 16.2. The van der Waals surface area contributed by atoms with E-state index in [1.807, 2.05) is 48.5 Å². The zero-order chi connectivity index (χ0) is 24.6. The van der Waals surface area contributed by atoms with Crippen molar-refractivity contribution in [3.63, 3.8) is 0 Å². The van der Waals surface area contributed by atoms with Gasteiger partial charge in [0, 0.05) is 24.5 Å². The molecule has 0 amide bonds. The van der Waals surface area contributed by atoms with Crippen LogP contribution >= 0.6 is 0 Å². The Morgan fingerprint density at radius 1 is 0.914 bits per heavy atom. The van der Waals surface area contributed by atoms with Crippen LogP contribution in [0.2, 0.25) is 0 Å². The molecule has 0 spiro atoms. The minimum atomic E-state index is -0.617. The molecule has 1 aromatic carbocycles. The van der Waals surface area contributed by atoms with E-state index in [9.17, 15) is 9.59 Å². The van der Waals surface area contributed by atoms with Gasteiger partial charge in [-0.3, -0.25) is 0 Å². The monoisotopic (exact) mass is 479 g/mol. The van der Waals surface area contributed by atoms with Crippen molar-refractivity contribution in [2.75, 3.05) is 27.4 Å². The maximum atomic E-state index is 13.0. The Bertz CT molecular complexity index is 972. The number of methoxy groups -OCH3 is 2. The van der Waals surface area contributed by atoms with Crippen LogP contribution in [-0.4, -0.2) is 44.2 Å². The van der Waals surface area contributed by atoms with Crippen molar-refractivity contribution in [3.05, 3.63) is 53.4 Å². The van der Waals surface area contributed by atoms with Crippen LogP contribution in [-0.2, 0) is 19.1 Å². The van der Waals surface area contributed by atoms with Gasteiger partial charge in [0.25, 0.3) is 0 Å². The molecule has 4 saturated carbocycles. The molecule has 0 unspecified atom stereocenters. The molecule has 0 radical (unpaired) electrons. The summed E-state index contributed by atoms with van der Waals surface area (Å²) in [6, 6.07) is 7.54. The first kappa shape index (κ1) is 24.0. The number of ether oxygens (including phenoxy) is 3. The zero-order valence-electron chi connectivity index (χ0n) is 21.1. The van der Waals surface area contributed by atoms with Crippen LogP contribution in [0, 0.1) is 23.2 Å². The minimum Gasteiger partial charge on any atom is -0.494 e. The van der Waals surface area contributed by atoms with Crippen molar-refractivity contribution in [1.82, 2.24) is 4.90 Å². The molecule has 6 rings (SSSR count). The molecule has 188 valence electrons. The fourth-order valence-electron chi connectivity index (χ4n) is 7.72. The Labute approximate surface area is 208 Å². The van der Waals surface area contributed by atoms with Crippen LogP contribution in [0.25, 0.3) is 0 Å². The summed E-state index contributed by atoms with van der Waals surface area (Å²) in [5.74, 6) is 1.81. The average Bonchev–Trinajstić information content (AvgIpc) is 2.86. The molecular weight excluding hydrogens is 442 g/mol. The molecule has 0 saturated heterocycles. The third-order valence-corrected chi connectivity index (χ3v) is 8.67. The highest BCUT2D eigenvalue weighted by atomic mass is 16.5. The maximum absolute atomic E-state index is 13.0. The fourth-order valence-corrected chi connectivity index (χ4v) is 7.72. The molecule has 1 aromatic rings. The average molecular weight is 480 g/mol. The van der Waals surface area contributed by atoms with Crippen LogP contribution in [0.15, 0.2) is 47.8 Å². The molecule has 0 aromatic heterocycles. The summed E-state index contributed by atoms with van der Waals surface area (Å²) in [5.41, 5.74) is 2.01. The standard InChI is InChI=1S/C29H37NO5/c1-4-35-25-8-6-5-7-22(25)26-23(27(31)33-2)17-30(18-24(26)28(32)34-3)10-9-29-14-19-11-20(15-29)13-21(12-19)16-29/h5-8,17-21,26H,4,9-16H2,1-3H3. The Balaban J connectivity index is 1.46. The van der Waals surface area contributed by atoms with Crippen LogP contribution in [0.5, 0.6) is 5.75 Å². The molecule has 0 atom stereocenters. The molecule has 5 aliphatic rings. The van der Waals surface area contributed by atoms with E-state index in [1.54, 1.807) is 0 Å². The zero-order valence-corrected chi connectivity index (χ0v) is 21.1. The van der Waals surface area contributed by atoms with E-state index >= 15 is 0 Å². The van der Waals surface area contributed by atoms with Crippen molar-refractivity contribution in [1.29, 1.82) is 0 Å². The van der Waals surface area contributed by atoms with Gasteiger partial charge in [-0.05, 0) is 81.1 Å². The lowest BCUT2D eigenvalue weighted by Gasteiger charge is -2.57. The van der Waals surface area contributed by atoms with Crippen molar-refractivity contribution in [3.8, 4) is 5.75 Å². The first-order valence-electron chi connectivity index (χ1n) is 13.0. The molecule has 4 aliphatic carbocycles. The van der Waals surface area contributed by atoms with Gasteiger partial charge in [0.2, 0.25) is 0 Å². The van der Waals surface area contributed by atoms with Crippen LogP contribution in [0.1, 0.15) is 63.4 Å². The van der Waals surface area contributed by atoms with Crippen LogP contribution < -0.4 is 4.74 Å². The molecule has 1 heterocycles.